The van der Waals surface area contributed by atoms with Crippen LogP contribution in [0.3, 0.4) is 0 Å². The highest BCUT2D eigenvalue weighted by molar-refractivity contribution is 7.13. The minimum absolute atomic E-state index is 0.111. The second-order valence-corrected chi connectivity index (χ2v) is 4.75. The first-order valence-corrected chi connectivity index (χ1v) is 6.27. The average Bonchev–Trinajstić information content (AvgIpc) is 2.86. The zero-order chi connectivity index (χ0) is 11.5. The number of carbonyl (C=O) groups excluding carboxylic acids is 1. The first kappa shape index (κ1) is 11.7. The Labute approximate surface area is 98.6 Å². The molecule has 0 saturated carbocycles. The summed E-state index contributed by atoms with van der Waals surface area (Å²) in [6.45, 7) is 5.10. The van der Waals surface area contributed by atoms with Gasteiger partial charge in [0.2, 0.25) is 0 Å². The minimum atomic E-state index is -0.319. The molecule has 0 aliphatic carbocycles. The van der Waals surface area contributed by atoms with Crippen molar-refractivity contribution in [3.05, 3.63) is 15.6 Å². The number of rotatable bonds is 4. The molecule has 0 bridgehead atoms. The molecule has 1 aromatic heterocycles. The van der Waals surface area contributed by atoms with Crippen LogP contribution in [0.2, 0.25) is 0 Å². The second-order valence-electron chi connectivity index (χ2n) is 3.72. The lowest BCUT2D eigenvalue weighted by molar-refractivity contribution is -0.0418. The lowest BCUT2D eigenvalue weighted by Gasteiger charge is -2.05. The van der Waals surface area contributed by atoms with Crippen LogP contribution >= 0.6 is 11.3 Å². The molecule has 1 aromatic rings. The van der Waals surface area contributed by atoms with Gasteiger partial charge in [-0.2, -0.15) is 0 Å². The quantitative estimate of drug-likeness (QED) is 0.760. The second kappa shape index (κ2) is 5.03. The van der Waals surface area contributed by atoms with E-state index in [1.807, 2.05) is 13.8 Å². The Hall–Kier alpha value is -0.780. The fourth-order valence-corrected chi connectivity index (χ4v) is 2.62. The van der Waals surface area contributed by atoms with E-state index in [0.717, 1.165) is 17.0 Å². The molecule has 0 amide bonds. The Kier molecular flexibility index (Phi) is 3.68. The largest absolute Gasteiger partial charge is 0.345 e. The number of ketones is 1. The summed E-state index contributed by atoms with van der Waals surface area (Å²) < 4.78 is 10.8. The molecule has 4 nitrogen and oxygen atoms in total. The molecule has 1 aliphatic rings. The highest BCUT2D eigenvalue weighted by Crippen LogP contribution is 2.31. The average molecular weight is 241 g/mol. The Morgan fingerprint density at radius 2 is 2.19 bits per heavy atom. The number of thiazole rings is 1. The molecule has 0 N–H and O–H groups in total. The van der Waals surface area contributed by atoms with E-state index in [1.54, 1.807) is 0 Å². The summed E-state index contributed by atoms with van der Waals surface area (Å²) in [4.78, 5) is 16.9. The van der Waals surface area contributed by atoms with Gasteiger partial charge in [0.05, 0.1) is 23.8 Å². The van der Waals surface area contributed by atoms with E-state index in [-0.39, 0.29) is 12.1 Å². The SMILES string of the molecule is CCCC(=O)c1nc(C)c(C2OCCO2)s1. The minimum Gasteiger partial charge on any atom is -0.345 e. The molecule has 0 atom stereocenters. The molecule has 16 heavy (non-hydrogen) atoms. The zero-order valence-corrected chi connectivity index (χ0v) is 10.3. The zero-order valence-electron chi connectivity index (χ0n) is 9.49. The van der Waals surface area contributed by atoms with Gasteiger partial charge in [-0.25, -0.2) is 4.98 Å². The maximum atomic E-state index is 11.7. The van der Waals surface area contributed by atoms with Gasteiger partial charge in [-0.1, -0.05) is 6.92 Å². The molecule has 0 aromatic carbocycles. The third kappa shape index (κ3) is 2.31. The van der Waals surface area contributed by atoms with Crippen LogP contribution in [0, 0.1) is 6.92 Å². The number of hydrogen-bond donors (Lipinski definition) is 0. The van der Waals surface area contributed by atoms with Gasteiger partial charge in [-0.15, -0.1) is 11.3 Å². The molecule has 1 aliphatic heterocycles. The number of hydrogen-bond acceptors (Lipinski definition) is 5. The predicted molar refractivity (Wildman–Crippen MR) is 60.7 cm³/mol. The lowest BCUT2D eigenvalue weighted by Crippen LogP contribution is -1.96. The highest BCUT2D eigenvalue weighted by Gasteiger charge is 2.25. The molecule has 0 unspecified atom stereocenters. The van der Waals surface area contributed by atoms with E-state index in [2.05, 4.69) is 4.98 Å². The van der Waals surface area contributed by atoms with Gasteiger partial charge < -0.3 is 9.47 Å². The molecular weight excluding hydrogens is 226 g/mol. The Bertz CT molecular complexity index is 383. The highest BCUT2D eigenvalue weighted by atomic mass is 32.1. The summed E-state index contributed by atoms with van der Waals surface area (Å²) in [5, 5.41) is 0.577. The van der Waals surface area contributed by atoms with Crippen LogP contribution in [-0.2, 0) is 9.47 Å². The summed E-state index contributed by atoms with van der Waals surface area (Å²) in [6, 6.07) is 0. The maximum Gasteiger partial charge on any atom is 0.195 e. The lowest BCUT2D eigenvalue weighted by atomic mass is 10.2. The first-order chi connectivity index (χ1) is 7.72. The number of aryl methyl sites for hydroxylation is 1. The van der Waals surface area contributed by atoms with Crippen molar-refractivity contribution in [2.45, 2.75) is 33.0 Å². The van der Waals surface area contributed by atoms with Gasteiger partial charge in [-0.3, -0.25) is 4.79 Å². The third-order valence-electron chi connectivity index (χ3n) is 2.38. The van der Waals surface area contributed by atoms with Crippen molar-refractivity contribution in [2.75, 3.05) is 13.2 Å². The molecule has 0 radical (unpaired) electrons. The van der Waals surface area contributed by atoms with Gasteiger partial charge in [0.15, 0.2) is 17.1 Å². The van der Waals surface area contributed by atoms with E-state index < -0.39 is 0 Å². The third-order valence-corrected chi connectivity index (χ3v) is 3.60. The summed E-state index contributed by atoms with van der Waals surface area (Å²) in [5.41, 5.74) is 0.844. The van der Waals surface area contributed by atoms with Crippen molar-refractivity contribution in [2.24, 2.45) is 0 Å². The fraction of sp³-hybridized carbons (Fsp3) is 0.636. The summed E-state index contributed by atoms with van der Waals surface area (Å²) in [6.07, 6.45) is 1.09. The summed E-state index contributed by atoms with van der Waals surface area (Å²) in [5.74, 6) is 0.111. The number of carbonyl (C=O) groups is 1. The van der Waals surface area contributed by atoms with Gasteiger partial charge in [0.1, 0.15) is 0 Å². The number of ether oxygens (including phenoxy) is 2. The maximum absolute atomic E-state index is 11.7. The van der Waals surface area contributed by atoms with Gasteiger partial charge >= 0.3 is 0 Å². The predicted octanol–water partition coefficient (Wildman–Crippen LogP) is 2.48. The van der Waals surface area contributed by atoms with Crippen LogP contribution in [-0.4, -0.2) is 24.0 Å². The molecule has 1 saturated heterocycles. The van der Waals surface area contributed by atoms with Crippen molar-refractivity contribution < 1.29 is 14.3 Å². The fourth-order valence-electron chi connectivity index (χ4n) is 1.59. The Morgan fingerprint density at radius 1 is 1.50 bits per heavy atom. The first-order valence-electron chi connectivity index (χ1n) is 5.46. The van der Waals surface area contributed by atoms with Crippen LogP contribution in [0.25, 0.3) is 0 Å². The van der Waals surface area contributed by atoms with E-state index in [0.29, 0.717) is 24.6 Å². The van der Waals surface area contributed by atoms with Crippen molar-refractivity contribution in [1.82, 2.24) is 4.98 Å². The molecule has 0 spiro atoms. The molecule has 2 heterocycles. The van der Waals surface area contributed by atoms with Gasteiger partial charge in [0.25, 0.3) is 0 Å². The van der Waals surface area contributed by atoms with Crippen LogP contribution in [0.5, 0.6) is 0 Å². The standard InChI is InChI=1S/C11H15NO3S/c1-3-4-8(13)10-12-7(2)9(16-10)11-14-5-6-15-11/h11H,3-6H2,1-2H3. The molecular formula is C11H15NO3S. The normalized spacial score (nSPS) is 16.9. The van der Waals surface area contributed by atoms with E-state index in [9.17, 15) is 4.79 Å². The number of aromatic nitrogens is 1. The van der Waals surface area contributed by atoms with Crippen molar-refractivity contribution in [3.63, 3.8) is 0 Å². The summed E-state index contributed by atoms with van der Waals surface area (Å²) >= 11 is 1.39. The topological polar surface area (TPSA) is 48.4 Å². The number of nitrogens with zero attached hydrogens (tertiary/aromatic N) is 1. The van der Waals surface area contributed by atoms with Crippen LogP contribution in [0.15, 0.2) is 0 Å². The van der Waals surface area contributed by atoms with Gasteiger partial charge in [0, 0.05) is 6.42 Å². The Balaban J connectivity index is 2.17. The molecule has 88 valence electrons. The van der Waals surface area contributed by atoms with Crippen molar-refractivity contribution >= 4 is 17.1 Å². The van der Waals surface area contributed by atoms with Crippen LogP contribution < -0.4 is 0 Å². The van der Waals surface area contributed by atoms with Crippen molar-refractivity contribution in [1.29, 1.82) is 0 Å². The number of Topliss-reactive ketones (excluding diaryl/α,β-unsaturated/α-hetero) is 1. The monoisotopic (exact) mass is 241 g/mol. The summed E-state index contributed by atoms with van der Waals surface area (Å²) in [7, 11) is 0. The van der Waals surface area contributed by atoms with Crippen LogP contribution in [0.4, 0.5) is 0 Å². The van der Waals surface area contributed by atoms with E-state index in [1.165, 1.54) is 11.3 Å². The molecule has 5 heteroatoms. The van der Waals surface area contributed by atoms with Crippen LogP contribution in [0.1, 0.15) is 46.4 Å². The Morgan fingerprint density at radius 3 is 2.81 bits per heavy atom. The molecule has 1 fully saturated rings. The van der Waals surface area contributed by atoms with E-state index >= 15 is 0 Å². The smallest absolute Gasteiger partial charge is 0.195 e. The molecule has 2 rings (SSSR count). The van der Waals surface area contributed by atoms with E-state index in [4.69, 9.17) is 9.47 Å². The van der Waals surface area contributed by atoms with Crippen molar-refractivity contribution in [3.8, 4) is 0 Å². The van der Waals surface area contributed by atoms with Gasteiger partial charge in [-0.05, 0) is 13.3 Å².